The van der Waals surface area contributed by atoms with Gasteiger partial charge in [0.1, 0.15) is 11.5 Å². The topological polar surface area (TPSA) is 92.1 Å². The number of nitrogens with zero attached hydrogens (tertiary/aromatic N) is 2. The number of benzene rings is 2. The van der Waals surface area contributed by atoms with Crippen LogP contribution >= 0.6 is 11.8 Å². The number of fused-ring (bicyclic) bond motifs is 1. The van der Waals surface area contributed by atoms with Crippen molar-refractivity contribution in [1.82, 2.24) is 9.88 Å². The van der Waals surface area contributed by atoms with E-state index in [9.17, 15) is 15.0 Å². The van der Waals surface area contributed by atoms with E-state index < -0.39 is 12.1 Å². The molecule has 0 radical (unpaired) electrons. The van der Waals surface area contributed by atoms with E-state index >= 15 is 0 Å². The van der Waals surface area contributed by atoms with E-state index in [0.29, 0.717) is 24.7 Å². The molecule has 0 saturated carbocycles. The summed E-state index contributed by atoms with van der Waals surface area (Å²) in [5, 5.41) is 21.4. The van der Waals surface area contributed by atoms with Gasteiger partial charge in [-0.15, -0.1) is 11.8 Å². The predicted molar refractivity (Wildman–Crippen MR) is 151 cm³/mol. The van der Waals surface area contributed by atoms with Crippen LogP contribution in [0.15, 0.2) is 59.6 Å². The van der Waals surface area contributed by atoms with Crippen LogP contribution in [0.2, 0.25) is 0 Å². The number of rotatable bonds is 13. The second-order valence-corrected chi connectivity index (χ2v) is 11.1. The van der Waals surface area contributed by atoms with E-state index in [1.807, 2.05) is 48.2 Å². The molecule has 3 aromatic rings. The Morgan fingerprint density at radius 1 is 1.08 bits per heavy atom. The Morgan fingerprint density at radius 3 is 2.58 bits per heavy atom. The molecule has 4 rings (SSSR count). The van der Waals surface area contributed by atoms with Crippen molar-refractivity contribution in [3.8, 4) is 11.5 Å². The zero-order chi connectivity index (χ0) is 26.9. The third-order valence-corrected chi connectivity index (χ3v) is 8.58. The minimum atomic E-state index is -0.742. The lowest BCUT2D eigenvalue weighted by Crippen LogP contribution is -2.41. The van der Waals surface area contributed by atoms with E-state index in [-0.39, 0.29) is 6.42 Å². The third kappa shape index (κ3) is 7.62. The highest BCUT2D eigenvalue weighted by atomic mass is 32.2. The number of methoxy groups -OCH3 is 2. The molecule has 7 nitrogen and oxygen atoms in total. The maximum absolute atomic E-state index is 11.4. The van der Waals surface area contributed by atoms with Crippen LogP contribution in [0.25, 0.3) is 10.9 Å². The Bertz CT molecular complexity index is 1190. The van der Waals surface area contributed by atoms with Crippen LogP contribution in [0, 0.1) is 11.8 Å². The molecule has 1 aromatic heterocycles. The molecule has 3 atom stereocenters. The SMILES string of the molecule is COc1ccc(SCCN2CCC(CC[C@H](O)c3ccnc4ccc(OC)cc34)C(CCC(=O)O)C2)cc1. The van der Waals surface area contributed by atoms with Gasteiger partial charge >= 0.3 is 5.97 Å². The number of carbonyl (C=O) groups is 1. The number of carboxylic acids is 1. The average molecular weight is 539 g/mol. The Morgan fingerprint density at radius 2 is 1.84 bits per heavy atom. The Labute approximate surface area is 229 Å². The highest BCUT2D eigenvalue weighted by Crippen LogP contribution is 2.35. The molecule has 0 spiro atoms. The largest absolute Gasteiger partial charge is 0.497 e. The smallest absolute Gasteiger partial charge is 0.303 e. The van der Waals surface area contributed by atoms with Gasteiger partial charge in [-0.25, -0.2) is 0 Å². The molecule has 2 heterocycles. The summed E-state index contributed by atoms with van der Waals surface area (Å²) < 4.78 is 10.6. The standard InChI is InChI=1S/C30H38N2O5S/c1-36-23-5-8-25(9-6-23)38-18-17-32-16-14-21(22(20-32)4-12-30(34)35)3-11-29(33)26-13-15-31-28-10-7-24(37-2)19-27(26)28/h5-10,13,15,19,21-22,29,33H,3-4,11-12,14,16-18,20H2,1-2H3,(H,34,35)/t21?,22?,29-/m0/s1. The number of aliphatic carboxylic acids is 1. The van der Waals surface area contributed by atoms with Gasteiger partial charge in [-0.1, -0.05) is 0 Å². The lowest BCUT2D eigenvalue weighted by atomic mass is 9.79. The van der Waals surface area contributed by atoms with Gasteiger partial charge in [0.25, 0.3) is 0 Å². The normalized spacial score (nSPS) is 18.8. The first-order valence-electron chi connectivity index (χ1n) is 13.3. The van der Waals surface area contributed by atoms with Crippen LogP contribution in [0.5, 0.6) is 11.5 Å². The molecule has 0 bridgehead atoms. The van der Waals surface area contributed by atoms with Gasteiger partial charge in [0.05, 0.1) is 25.8 Å². The number of pyridine rings is 1. The Kier molecular flexibility index (Phi) is 10.3. The molecule has 8 heteroatoms. The second-order valence-electron chi connectivity index (χ2n) is 9.94. The van der Waals surface area contributed by atoms with Gasteiger partial charge < -0.3 is 24.6 Å². The van der Waals surface area contributed by atoms with Gasteiger partial charge in [-0.2, -0.15) is 0 Å². The van der Waals surface area contributed by atoms with Crippen LogP contribution in [0.1, 0.15) is 43.8 Å². The monoisotopic (exact) mass is 538 g/mol. The van der Waals surface area contributed by atoms with Gasteiger partial charge in [0.15, 0.2) is 0 Å². The molecule has 2 N–H and O–H groups in total. The summed E-state index contributed by atoms with van der Waals surface area (Å²) in [6.07, 6.45) is 4.53. The van der Waals surface area contributed by atoms with Crippen LogP contribution in [-0.4, -0.2) is 65.7 Å². The average Bonchev–Trinajstić information content (AvgIpc) is 2.95. The van der Waals surface area contributed by atoms with Crippen molar-refractivity contribution in [3.05, 3.63) is 60.3 Å². The van der Waals surface area contributed by atoms with Crippen molar-refractivity contribution >= 4 is 28.6 Å². The molecule has 1 saturated heterocycles. The highest BCUT2D eigenvalue weighted by molar-refractivity contribution is 7.99. The van der Waals surface area contributed by atoms with Crippen molar-refractivity contribution in [2.45, 2.75) is 43.1 Å². The highest BCUT2D eigenvalue weighted by Gasteiger charge is 2.30. The molecule has 1 aliphatic heterocycles. The van der Waals surface area contributed by atoms with Crippen LogP contribution in [-0.2, 0) is 4.79 Å². The number of carboxylic acid groups (broad SMARTS) is 1. The molecule has 38 heavy (non-hydrogen) atoms. The summed E-state index contributed by atoms with van der Waals surface area (Å²) >= 11 is 1.83. The van der Waals surface area contributed by atoms with Gasteiger partial charge in [-0.3, -0.25) is 9.78 Å². The minimum Gasteiger partial charge on any atom is -0.497 e. The zero-order valence-corrected chi connectivity index (χ0v) is 23.0. The van der Waals surface area contributed by atoms with E-state index in [4.69, 9.17) is 9.47 Å². The zero-order valence-electron chi connectivity index (χ0n) is 22.2. The van der Waals surface area contributed by atoms with Gasteiger partial charge in [0, 0.05) is 41.7 Å². The van der Waals surface area contributed by atoms with Crippen molar-refractivity contribution in [2.75, 3.05) is 39.6 Å². The molecule has 2 unspecified atom stereocenters. The first-order valence-corrected chi connectivity index (χ1v) is 14.3. The van der Waals surface area contributed by atoms with Crippen molar-refractivity contribution in [2.24, 2.45) is 11.8 Å². The third-order valence-electron chi connectivity index (χ3n) is 7.59. The number of aliphatic hydroxyl groups is 1. The lowest BCUT2D eigenvalue weighted by Gasteiger charge is -2.39. The molecule has 204 valence electrons. The summed E-state index contributed by atoms with van der Waals surface area (Å²) in [5.41, 5.74) is 1.70. The number of ether oxygens (including phenoxy) is 2. The van der Waals surface area contributed by atoms with Crippen LogP contribution in [0.3, 0.4) is 0 Å². The number of likely N-dealkylation sites (tertiary alicyclic amines) is 1. The summed E-state index contributed by atoms with van der Waals surface area (Å²) in [6, 6.07) is 15.7. The second kappa shape index (κ2) is 13.8. The van der Waals surface area contributed by atoms with E-state index in [2.05, 4.69) is 22.0 Å². The number of hydrogen-bond acceptors (Lipinski definition) is 7. The summed E-state index contributed by atoms with van der Waals surface area (Å²) in [6.45, 7) is 2.88. The number of hydrogen-bond donors (Lipinski definition) is 2. The van der Waals surface area contributed by atoms with Crippen molar-refractivity contribution in [1.29, 1.82) is 0 Å². The van der Waals surface area contributed by atoms with E-state index in [1.165, 1.54) is 4.90 Å². The number of thioether (sulfide) groups is 1. The number of aromatic nitrogens is 1. The van der Waals surface area contributed by atoms with Crippen LogP contribution < -0.4 is 9.47 Å². The summed E-state index contributed by atoms with van der Waals surface area (Å²) in [4.78, 5) is 19.5. The quantitative estimate of drug-likeness (QED) is 0.269. The molecular weight excluding hydrogens is 500 g/mol. The molecular formula is C30H38N2O5S. The van der Waals surface area contributed by atoms with E-state index in [1.54, 1.807) is 20.4 Å². The Balaban J connectivity index is 1.33. The van der Waals surface area contributed by atoms with E-state index in [0.717, 1.165) is 66.2 Å². The van der Waals surface area contributed by atoms with Crippen molar-refractivity contribution in [3.63, 3.8) is 0 Å². The van der Waals surface area contributed by atoms with Crippen LogP contribution in [0.4, 0.5) is 0 Å². The minimum absolute atomic E-state index is 0.187. The molecule has 0 amide bonds. The predicted octanol–water partition coefficient (Wildman–Crippen LogP) is 5.66. The van der Waals surface area contributed by atoms with Crippen molar-refractivity contribution < 1.29 is 24.5 Å². The molecule has 2 aromatic carbocycles. The summed E-state index contributed by atoms with van der Waals surface area (Å²) in [5.74, 6) is 2.56. The lowest BCUT2D eigenvalue weighted by molar-refractivity contribution is -0.137. The fourth-order valence-electron chi connectivity index (χ4n) is 5.43. The fraction of sp³-hybridized carbons (Fsp3) is 0.467. The number of aliphatic hydroxyl groups excluding tert-OH is 1. The molecule has 0 aliphatic carbocycles. The number of piperidine rings is 1. The summed E-state index contributed by atoms with van der Waals surface area (Å²) in [7, 11) is 3.31. The maximum atomic E-state index is 11.4. The Hall–Kier alpha value is -2.81. The first kappa shape index (κ1) is 28.2. The van der Waals surface area contributed by atoms with Gasteiger partial charge in [-0.05, 0) is 98.2 Å². The first-order chi connectivity index (χ1) is 18.5. The maximum Gasteiger partial charge on any atom is 0.303 e. The molecule has 1 fully saturated rings. The van der Waals surface area contributed by atoms with Gasteiger partial charge in [0.2, 0.25) is 0 Å². The fourth-order valence-corrected chi connectivity index (χ4v) is 6.34. The molecule has 1 aliphatic rings.